The SMILES string of the molecule is CCc1nc(COc2ccccc2[C@H](N)CC)no1. The second-order valence-electron chi connectivity index (χ2n) is 4.30. The van der Waals surface area contributed by atoms with Crippen LogP contribution < -0.4 is 10.5 Å². The molecule has 0 saturated carbocycles. The van der Waals surface area contributed by atoms with Gasteiger partial charge in [0.05, 0.1) is 0 Å². The number of hydrogen-bond acceptors (Lipinski definition) is 5. The molecule has 5 nitrogen and oxygen atoms in total. The average Bonchev–Trinajstić information content (AvgIpc) is 2.92. The molecule has 2 N–H and O–H groups in total. The van der Waals surface area contributed by atoms with Gasteiger partial charge < -0.3 is 15.0 Å². The molecule has 0 amide bonds. The lowest BCUT2D eigenvalue weighted by Gasteiger charge is -2.14. The Morgan fingerprint density at radius 3 is 2.79 bits per heavy atom. The Morgan fingerprint density at radius 2 is 2.11 bits per heavy atom. The topological polar surface area (TPSA) is 74.2 Å². The molecule has 2 aromatic rings. The first-order valence-electron chi connectivity index (χ1n) is 6.53. The van der Waals surface area contributed by atoms with E-state index < -0.39 is 0 Å². The minimum absolute atomic E-state index is 0.0207. The summed E-state index contributed by atoms with van der Waals surface area (Å²) in [6.45, 7) is 4.30. The van der Waals surface area contributed by atoms with E-state index in [0.29, 0.717) is 11.7 Å². The highest BCUT2D eigenvalue weighted by Gasteiger charge is 2.11. The minimum atomic E-state index is -0.0207. The van der Waals surface area contributed by atoms with Crippen molar-refractivity contribution < 1.29 is 9.26 Å². The van der Waals surface area contributed by atoms with E-state index in [1.54, 1.807) is 0 Å². The van der Waals surface area contributed by atoms with E-state index in [2.05, 4.69) is 10.1 Å². The zero-order valence-corrected chi connectivity index (χ0v) is 11.3. The largest absolute Gasteiger partial charge is 0.485 e. The van der Waals surface area contributed by atoms with Crippen molar-refractivity contribution in [2.45, 2.75) is 39.3 Å². The molecule has 1 atom stereocenters. The second-order valence-corrected chi connectivity index (χ2v) is 4.30. The van der Waals surface area contributed by atoms with E-state index in [1.807, 2.05) is 38.1 Å². The van der Waals surface area contributed by atoms with Crippen molar-refractivity contribution >= 4 is 0 Å². The molecule has 0 aliphatic rings. The van der Waals surface area contributed by atoms with Crippen molar-refractivity contribution in [2.24, 2.45) is 5.73 Å². The monoisotopic (exact) mass is 261 g/mol. The number of nitrogens with zero attached hydrogens (tertiary/aromatic N) is 2. The van der Waals surface area contributed by atoms with Crippen LogP contribution >= 0.6 is 0 Å². The van der Waals surface area contributed by atoms with Crippen molar-refractivity contribution in [3.8, 4) is 5.75 Å². The third kappa shape index (κ3) is 3.32. The van der Waals surface area contributed by atoms with Crippen molar-refractivity contribution in [3.63, 3.8) is 0 Å². The number of hydrogen-bond donors (Lipinski definition) is 1. The molecule has 0 spiro atoms. The van der Waals surface area contributed by atoms with Crippen LogP contribution in [-0.2, 0) is 13.0 Å². The second kappa shape index (κ2) is 6.33. The Labute approximate surface area is 112 Å². The van der Waals surface area contributed by atoms with E-state index >= 15 is 0 Å². The Kier molecular flexibility index (Phi) is 4.52. The standard InChI is InChI=1S/C14H19N3O2/c1-3-11(15)10-7-5-6-8-12(10)18-9-13-16-14(4-2)19-17-13/h5-8,11H,3-4,9,15H2,1-2H3/t11-/m1/s1. The number of ether oxygens (including phenoxy) is 1. The van der Waals surface area contributed by atoms with Gasteiger partial charge in [-0.15, -0.1) is 0 Å². The van der Waals surface area contributed by atoms with Crippen LogP contribution in [0.1, 0.15) is 43.6 Å². The van der Waals surface area contributed by atoms with Gasteiger partial charge in [0.1, 0.15) is 5.75 Å². The summed E-state index contributed by atoms with van der Waals surface area (Å²) in [5.74, 6) is 1.95. The number of para-hydroxylation sites is 1. The summed E-state index contributed by atoms with van der Waals surface area (Å²) in [6.07, 6.45) is 1.59. The van der Waals surface area contributed by atoms with Crippen molar-refractivity contribution in [1.29, 1.82) is 0 Å². The van der Waals surface area contributed by atoms with Crippen LogP contribution in [0, 0.1) is 0 Å². The lowest BCUT2D eigenvalue weighted by Crippen LogP contribution is -2.11. The first-order valence-corrected chi connectivity index (χ1v) is 6.53. The molecular formula is C14H19N3O2. The zero-order chi connectivity index (χ0) is 13.7. The van der Waals surface area contributed by atoms with E-state index in [9.17, 15) is 0 Å². The molecule has 1 aromatic carbocycles. The summed E-state index contributed by atoms with van der Waals surface area (Å²) in [5.41, 5.74) is 7.06. The summed E-state index contributed by atoms with van der Waals surface area (Å²) < 4.78 is 10.8. The Hall–Kier alpha value is -1.88. The van der Waals surface area contributed by atoms with Crippen molar-refractivity contribution in [1.82, 2.24) is 10.1 Å². The van der Waals surface area contributed by atoms with Gasteiger partial charge in [0.2, 0.25) is 11.7 Å². The fourth-order valence-electron chi connectivity index (χ4n) is 1.77. The van der Waals surface area contributed by atoms with Gasteiger partial charge in [0.15, 0.2) is 6.61 Å². The van der Waals surface area contributed by atoms with Gasteiger partial charge in [0, 0.05) is 18.0 Å². The number of nitrogens with two attached hydrogens (primary N) is 1. The van der Waals surface area contributed by atoms with Gasteiger partial charge >= 0.3 is 0 Å². The maximum absolute atomic E-state index is 6.06. The summed E-state index contributed by atoms with van der Waals surface area (Å²) in [4.78, 5) is 4.20. The van der Waals surface area contributed by atoms with Gasteiger partial charge in [-0.3, -0.25) is 0 Å². The fraction of sp³-hybridized carbons (Fsp3) is 0.429. The Morgan fingerprint density at radius 1 is 1.32 bits per heavy atom. The summed E-state index contributed by atoms with van der Waals surface area (Å²) in [5, 5.41) is 3.85. The lowest BCUT2D eigenvalue weighted by atomic mass is 10.0. The van der Waals surface area contributed by atoms with Crippen LogP contribution in [0.3, 0.4) is 0 Å². The molecule has 1 heterocycles. The molecular weight excluding hydrogens is 242 g/mol. The summed E-state index contributed by atoms with van der Waals surface area (Å²) in [6, 6.07) is 7.76. The average molecular weight is 261 g/mol. The van der Waals surface area contributed by atoms with Crippen LogP contribution in [0.15, 0.2) is 28.8 Å². The van der Waals surface area contributed by atoms with E-state index in [0.717, 1.165) is 24.2 Å². The molecule has 2 rings (SSSR count). The number of rotatable bonds is 6. The maximum Gasteiger partial charge on any atom is 0.226 e. The Balaban J connectivity index is 2.06. The van der Waals surface area contributed by atoms with E-state index in [-0.39, 0.29) is 12.6 Å². The molecule has 0 saturated heterocycles. The third-order valence-corrected chi connectivity index (χ3v) is 2.93. The van der Waals surface area contributed by atoms with Gasteiger partial charge in [-0.25, -0.2) is 0 Å². The minimum Gasteiger partial charge on any atom is -0.485 e. The van der Waals surface area contributed by atoms with Gasteiger partial charge in [-0.1, -0.05) is 37.2 Å². The smallest absolute Gasteiger partial charge is 0.226 e. The Bertz CT molecular complexity index is 525. The highest BCUT2D eigenvalue weighted by Crippen LogP contribution is 2.25. The zero-order valence-electron chi connectivity index (χ0n) is 11.3. The van der Waals surface area contributed by atoms with Crippen molar-refractivity contribution in [3.05, 3.63) is 41.5 Å². The molecule has 0 radical (unpaired) electrons. The summed E-state index contributed by atoms with van der Waals surface area (Å²) >= 11 is 0. The van der Waals surface area contributed by atoms with Crippen LogP contribution in [0.25, 0.3) is 0 Å². The lowest BCUT2D eigenvalue weighted by molar-refractivity contribution is 0.281. The molecule has 0 aliphatic carbocycles. The molecule has 0 bridgehead atoms. The molecule has 19 heavy (non-hydrogen) atoms. The van der Waals surface area contributed by atoms with Crippen LogP contribution in [0.2, 0.25) is 0 Å². The van der Waals surface area contributed by atoms with Gasteiger partial charge in [-0.05, 0) is 12.5 Å². The molecule has 1 aromatic heterocycles. The molecule has 102 valence electrons. The van der Waals surface area contributed by atoms with Crippen LogP contribution in [0.5, 0.6) is 5.75 Å². The maximum atomic E-state index is 6.06. The van der Waals surface area contributed by atoms with E-state index in [4.69, 9.17) is 15.0 Å². The van der Waals surface area contributed by atoms with E-state index in [1.165, 1.54) is 0 Å². The van der Waals surface area contributed by atoms with Crippen LogP contribution in [-0.4, -0.2) is 10.1 Å². The van der Waals surface area contributed by atoms with Gasteiger partial charge in [0.25, 0.3) is 0 Å². The molecule has 0 aliphatic heterocycles. The molecule has 5 heteroatoms. The quantitative estimate of drug-likeness (QED) is 0.865. The third-order valence-electron chi connectivity index (χ3n) is 2.93. The van der Waals surface area contributed by atoms with Gasteiger partial charge in [-0.2, -0.15) is 4.98 Å². The normalized spacial score (nSPS) is 12.4. The summed E-state index contributed by atoms with van der Waals surface area (Å²) in [7, 11) is 0. The highest BCUT2D eigenvalue weighted by molar-refractivity contribution is 5.35. The van der Waals surface area contributed by atoms with Crippen molar-refractivity contribution in [2.75, 3.05) is 0 Å². The predicted octanol–water partition coefficient (Wildman–Crippen LogP) is 2.62. The number of aryl methyl sites for hydroxylation is 1. The fourth-order valence-corrected chi connectivity index (χ4v) is 1.77. The first-order chi connectivity index (χ1) is 9.24. The predicted molar refractivity (Wildman–Crippen MR) is 71.7 cm³/mol. The number of benzene rings is 1. The highest BCUT2D eigenvalue weighted by atomic mass is 16.5. The first kappa shape index (κ1) is 13.5. The number of aromatic nitrogens is 2. The van der Waals surface area contributed by atoms with Crippen LogP contribution in [0.4, 0.5) is 0 Å². The molecule has 0 unspecified atom stereocenters. The molecule has 0 fully saturated rings.